The fourth-order valence-electron chi connectivity index (χ4n) is 3.37. The normalized spacial score (nSPS) is 27.7. The van der Waals surface area contributed by atoms with Gasteiger partial charge >= 0.3 is 0 Å². The number of carbonyl (C=O) groups excluding carboxylic acids is 2. The third kappa shape index (κ3) is 3.51. The maximum Gasteiger partial charge on any atom is 0.237 e. The van der Waals surface area contributed by atoms with Crippen LogP contribution >= 0.6 is 0 Å². The van der Waals surface area contributed by atoms with Gasteiger partial charge in [0.15, 0.2) is 0 Å². The second-order valence-electron chi connectivity index (χ2n) is 6.46. The number of likely N-dealkylation sites (tertiary alicyclic amines) is 1. The van der Waals surface area contributed by atoms with E-state index in [0.29, 0.717) is 18.6 Å². The second kappa shape index (κ2) is 6.12. The Labute approximate surface area is 120 Å². The van der Waals surface area contributed by atoms with E-state index < -0.39 is 0 Å². The van der Waals surface area contributed by atoms with Gasteiger partial charge in [0.2, 0.25) is 11.8 Å². The maximum absolute atomic E-state index is 12.1. The van der Waals surface area contributed by atoms with E-state index in [2.05, 4.69) is 10.6 Å². The van der Waals surface area contributed by atoms with Crippen LogP contribution in [0.1, 0.15) is 51.4 Å². The van der Waals surface area contributed by atoms with Gasteiger partial charge < -0.3 is 10.6 Å². The summed E-state index contributed by atoms with van der Waals surface area (Å²) in [7, 11) is 0. The van der Waals surface area contributed by atoms with Gasteiger partial charge in [0, 0.05) is 12.1 Å². The lowest BCUT2D eigenvalue weighted by Crippen LogP contribution is -2.48. The third-order valence-corrected chi connectivity index (χ3v) is 4.66. The predicted molar refractivity (Wildman–Crippen MR) is 76.2 cm³/mol. The highest BCUT2D eigenvalue weighted by atomic mass is 16.2. The Hall–Kier alpha value is -1.10. The molecule has 1 heterocycles. The summed E-state index contributed by atoms with van der Waals surface area (Å²) in [5.41, 5.74) is 0. The quantitative estimate of drug-likeness (QED) is 0.782. The van der Waals surface area contributed by atoms with Crippen LogP contribution in [0.25, 0.3) is 0 Å². The highest BCUT2D eigenvalue weighted by molar-refractivity contribution is 5.84. The molecule has 1 unspecified atom stereocenters. The number of nitrogens with zero attached hydrogens (tertiary/aromatic N) is 1. The van der Waals surface area contributed by atoms with Crippen LogP contribution in [0.3, 0.4) is 0 Å². The molecule has 5 nitrogen and oxygen atoms in total. The maximum atomic E-state index is 12.1. The molecule has 20 heavy (non-hydrogen) atoms. The lowest BCUT2D eigenvalue weighted by Gasteiger charge is -2.24. The van der Waals surface area contributed by atoms with Crippen molar-refractivity contribution in [2.75, 3.05) is 13.1 Å². The molecule has 0 bridgehead atoms. The second-order valence-corrected chi connectivity index (χ2v) is 6.46. The van der Waals surface area contributed by atoms with Crippen molar-refractivity contribution < 1.29 is 9.59 Å². The molecule has 3 rings (SSSR count). The van der Waals surface area contributed by atoms with Crippen molar-refractivity contribution in [2.24, 2.45) is 0 Å². The van der Waals surface area contributed by atoms with E-state index in [1.165, 1.54) is 12.8 Å². The zero-order valence-electron chi connectivity index (χ0n) is 12.1. The van der Waals surface area contributed by atoms with Crippen LogP contribution < -0.4 is 10.6 Å². The van der Waals surface area contributed by atoms with E-state index in [-0.39, 0.29) is 17.9 Å². The molecule has 2 aliphatic carbocycles. The molecule has 3 aliphatic rings. The first-order chi connectivity index (χ1) is 9.72. The van der Waals surface area contributed by atoms with Gasteiger partial charge in [-0.1, -0.05) is 12.8 Å². The smallest absolute Gasteiger partial charge is 0.237 e. The summed E-state index contributed by atoms with van der Waals surface area (Å²) in [4.78, 5) is 26.3. The standard InChI is InChI=1S/C15H25N3O2/c19-14(16-11-4-1-2-5-11)10-18-9-3-6-13(18)15(20)17-12-7-8-12/h11-13H,1-10H2,(H,16,19)(H,17,20). The van der Waals surface area contributed by atoms with Gasteiger partial charge in [-0.25, -0.2) is 0 Å². The van der Waals surface area contributed by atoms with E-state index in [9.17, 15) is 9.59 Å². The average molecular weight is 279 g/mol. The summed E-state index contributed by atoms with van der Waals surface area (Å²) < 4.78 is 0. The first-order valence-electron chi connectivity index (χ1n) is 8.06. The lowest BCUT2D eigenvalue weighted by atomic mass is 10.2. The molecule has 2 saturated carbocycles. The molecular formula is C15H25N3O2. The number of hydrogen-bond donors (Lipinski definition) is 2. The molecular weight excluding hydrogens is 254 g/mol. The molecule has 1 saturated heterocycles. The first kappa shape index (κ1) is 13.9. The molecule has 0 aromatic carbocycles. The van der Waals surface area contributed by atoms with E-state index >= 15 is 0 Å². The van der Waals surface area contributed by atoms with Crippen LogP contribution in [0.2, 0.25) is 0 Å². The van der Waals surface area contributed by atoms with Crippen LogP contribution in [0.15, 0.2) is 0 Å². The summed E-state index contributed by atoms with van der Waals surface area (Å²) >= 11 is 0. The summed E-state index contributed by atoms with van der Waals surface area (Å²) in [6.07, 6.45) is 8.78. The molecule has 1 atom stereocenters. The number of carbonyl (C=O) groups is 2. The summed E-state index contributed by atoms with van der Waals surface area (Å²) in [5.74, 6) is 0.210. The predicted octanol–water partition coefficient (Wildman–Crippen LogP) is 0.788. The van der Waals surface area contributed by atoms with Crippen LogP contribution in [0.4, 0.5) is 0 Å². The monoisotopic (exact) mass is 279 g/mol. The first-order valence-corrected chi connectivity index (χ1v) is 8.06. The van der Waals surface area contributed by atoms with Crippen molar-refractivity contribution in [2.45, 2.75) is 69.5 Å². The fourth-order valence-corrected chi connectivity index (χ4v) is 3.37. The van der Waals surface area contributed by atoms with Crippen molar-refractivity contribution in [1.29, 1.82) is 0 Å². The van der Waals surface area contributed by atoms with Crippen molar-refractivity contribution in [3.8, 4) is 0 Å². The van der Waals surface area contributed by atoms with Gasteiger partial charge in [0.05, 0.1) is 12.6 Å². The molecule has 5 heteroatoms. The van der Waals surface area contributed by atoms with Crippen molar-refractivity contribution in [3.05, 3.63) is 0 Å². The Kier molecular flexibility index (Phi) is 4.24. The van der Waals surface area contributed by atoms with E-state index in [4.69, 9.17) is 0 Å². The Balaban J connectivity index is 1.47. The summed E-state index contributed by atoms with van der Waals surface area (Å²) in [5, 5.41) is 6.17. The zero-order chi connectivity index (χ0) is 13.9. The third-order valence-electron chi connectivity index (χ3n) is 4.66. The van der Waals surface area contributed by atoms with Crippen LogP contribution in [-0.4, -0.2) is 47.9 Å². The van der Waals surface area contributed by atoms with Crippen molar-refractivity contribution in [3.63, 3.8) is 0 Å². The van der Waals surface area contributed by atoms with Crippen molar-refractivity contribution >= 4 is 11.8 Å². The Bertz CT molecular complexity index is 375. The zero-order valence-corrected chi connectivity index (χ0v) is 12.1. The van der Waals surface area contributed by atoms with Gasteiger partial charge in [-0.3, -0.25) is 14.5 Å². The molecule has 0 radical (unpaired) electrons. The molecule has 112 valence electrons. The van der Waals surface area contributed by atoms with Crippen LogP contribution in [0, 0.1) is 0 Å². The topological polar surface area (TPSA) is 61.4 Å². The van der Waals surface area contributed by atoms with Crippen LogP contribution in [-0.2, 0) is 9.59 Å². The molecule has 0 spiro atoms. The van der Waals surface area contributed by atoms with Gasteiger partial charge in [-0.2, -0.15) is 0 Å². The lowest BCUT2D eigenvalue weighted by molar-refractivity contribution is -0.128. The Morgan fingerprint density at radius 3 is 2.30 bits per heavy atom. The summed E-state index contributed by atoms with van der Waals surface area (Å²) in [6.45, 7) is 1.24. The molecule has 0 aromatic rings. The van der Waals surface area contributed by atoms with Gasteiger partial charge in [-0.15, -0.1) is 0 Å². The highest BCUT2D eigenvalue weighted by Gasteiger charge is 2.34. The molecule has 0 aromatic heterocycles. The molecule has 2 amide bonds. The van der Waals surface area contributed by atoms with Gasteiger partial charge in [-0.05, 0) is 45.1 Å². The SMILES string of the molecule is O=C(CN1CCCC1C(=O)NC1CC1)NC1CCCC1. The molecule has 1 aliphatic heterocycles. The number of rotatable bonds is 5. The highest BCUT2D eigenvalue weighted by Crippen LogP contribution is 2.22. The van der Waals surface area contributed by atoms with E-state index in [0.717, 1.165) is 45.1 Å². The van der Waals surface area contributed by atoms with Crippen molar-refractivity contribution in [1.82, 2.24) is 15.5 Å². The van der Waals surface area contributed by atoms with E-state index in [1.807, 2.05) is 4.90 Å². The summed E-state index contributed by atoms with van der Waals surface area (Å²) in [6, 6.07) is 0.672. The molecule has 3 fully saturated rings. The Morgan fingerprint density at radius 2 is 1.60 bits per heavy atom. The minimum absolute atomic E-state index is 0.0861. The Morgan fingerprint density at radius 1 is 0.900 bits per heavy atom. The average Bonchev–Trinajstić information content (AvgIpc) is 2.91. The minimum atomic E-state index is -0.0927. The fraction of sp³-hybridized carbons (Fsp3) is 0.867. The minimum Gasteiger partial charge on any atom is -0.352 e. The number of amides is 2. The van der Waals surface area contributed by atoms with Gasteiger partial charge in [0.1, 0.15) is 0 Å². The van der Waals surface area contributed by atoms with E-state index in [1.54, 1.807) is 0 Å². The number of nitrogens with one attached hydrogen (secondary N) is 2. The molecule has 2 N–H and O–H groups in total. The van der Waals surface area contributed by atoms with Crippen LogP contribution in [0.5, 0.6) is 0 Å². The number of hydrogen-bond acceptors (Lipinski definition) is 3. The largest absolute Gasteiger partial charge is 0.352 e. The van der Waals surface area contributed by atoms with Gasteiger partial charge in [0.25, 0.3) is 0 Å².